The van der Waals surface area contributed by atoms with Crippen molar-refractivity contribution in [2.75, 3.05) is 11.6 Å². The van der Waals surface area contributed by atoms with Gasteiger partial charge in [-0.3, -0.25) is 8.98 Å². The second kappa shape index (κ2) is 3.31. The summed E-state index contributed by atoms with van der Waals surface area (Å²) in [4.78, 5) is 11.4. The summed E-state index contributed by atoms with van der Waals surface area (Å²) in [6, 6.07) is 1.62. The van der Waals surface area contributed by atoms with E-state index < -0.39 is 22.1 Å². The molecule has 1 aliphatic heterocycles. The molecule has 82 valence electrons. The highest BCUT2D eigenvalue weighted by atomic mass is 32.2. The van der Waals surface area contributed by atoms with Crippen LogP contribution in [0.1, 0.15) is 0 Å². The van der Waals surface area contributed by atoms with Crippen molar-refractivity contribution >= 4 is 21.8 Å². The van der Waals surface area contributed by atoms with Crippen LogP contribution < -0.4 is 5.32 Å². The Morgan fingerprint density at radius 1 is 1.67 bits per heavy atom. The van der Waals surface area contributed by atoms with E-state index in [2.05, 4.69) is 14.6 Å². The highest BCUT2D eigenvalue weighted by molar-refractivity contribution is 7.86. The van der Waals surface area contributed by atoms with Gasteiger partial charge in [0.1, 0.15) is 5.82 Å². The van der Waals surface area contributed by atoms with Crippen molar-refractivity contribution in [1.82, 2.24) is 9.78 Å². The molecule has 8 heteroatoms. The van der Waals surface area contributed by atoms with Crippen molar-refractivity contribution < 1.29 is 17.4 Å². The number of fused-ring (bicyclic) bond motifs is 1. The van der Waals surface area contributed by atoms with Crippen molar-refractivity contribution in [2.45, 2.75) is 12.6 Å². The first-order chi connectivity index (χ1) is 6.96. The van der Waals surface area contributed by atoms with Crippen LogP contribution in [0.4, 0.5) is 5.82 Å². The molecule has 0 radical (unpaired) electrons. The lowest BCUT2D eigenvalue weighted by molar-refractivity contribution is -0.124. The van der Waals surface area contributed by atoms with E-state index in [4.69, 9.17) is 0 Å². The number of carbonyl (C=O) groups excluding carboxylic acids is 1. The van der Waals surface area contributed by atoms with Crippen LogP contribution in [0.3, 0.4) is 0 Å². The smallest absolute Gasteiger partial charge is 0.265 e. The van der Waals surface area contributed by atoms with Crippen LogP contribution in [0.25, 0.3) is 0 Å². The molecule has 1 aromatic heterocycles. The van der Waals surface area contributed by atoms with Gasteiger partial charge in [-0.05, 0) is 0 Å². The Morgan fingerprint density at radius 3 is 3.07 bits per heavy atom. The first kappa shape index (κ1) is 10.1. The predicted octanol–water partition coefficient (Wildman–Crippen LogP) is -0.820. The average Bonchev–Trinajstić information content (AvgIpc) is 2.49. The van der Waals surface area contributed by atoms with Crippen LogP contribution in [-0.2, 0) is 25.6 Å². The summed E-state index contributed by atoms with van der Waals surface area (Å²) in [5.74, 6) is 0.0572. The number of carbonyl (C=O) groups is 1. The first-order valence-electron chi connectivity index (χ1n) is 4.17. The summed E-state index contributed by atoms with van der Waals surface area (Å²) in [7, 11) is -3.64. The van der Waals surface area contributed by atoms with Gasteiger partial charge in [0.05, 0.1) is 19.0 Å². The Hall–Kier alpha value is -1.41. The van der Waals surface area contributed by atoms with Crippen molar-refractivity contribution in [3.63, 3.8) is 0 Å². The molecule has 0 spiro atoms. The Bertz CT molecular complexity index is 492. The Labute approximate surface area is 86.2 Å². The van der Waals surface area contributed by atoms with E-state index in [0.717, 1.165) is 6.26 Å². The van der Waals surface area contributed by atoms with Crippen LogP contribution in [-0.4, -0.2) is 36.5 Å². The van der Waals surface area contributed by atoms with Gasteiger partial charge in [-0.25, -0.2) is 4.68 Å². The molecule has 1 aromatic rings. The lowest BCUT2D eigenvalue weighted by Crippen LogP contribution is -2.40. The van der Waals surface area contributed by atoms with E-state index in [-0.39, 0.29) is 6.54 Å². The number of nitrogens with zero attached hydrogens (tertiary/aromatic N) is 2. The second-order valence-electron chi connectivity index (χ2n) is 3.18. The summed E-state index contributed by atoms with van der Waals surface area (Å²) in [5, 5.41) is 6.38. The molecule has 0 bridgehead atoms. The fraction of sp³-hybridized carbons (Fsp3) is 0.429. The highest BCUT2D eigenvalue weighted by Crippen LogP contribution is 2.16. The summed E-state index contributed by atoms with van der Waals surface area (Å²) >= 11 is 0. The molecule has 0 fully saturated rings. The summed E-state index contributed by atoms with van der Waals surface area (Å²) in [6.07, 6.45) is 1.37. The van der Waals surface area contributed by atoms with E-state index in [0.29, 0.717) is 5.82 Å². The van der Waals surface area contributed by atoms with Crippen LogP contribution in [0.15, 0.2) is 12.3 Å². The van der Waals surface area contributed by atoms with E-state index in [1.54, 1.807) is 6.07 Å². The molecule has 1 unspecified atom stereocenters. The summed E-state index contributed by atoms with van der Waals surface area (Å²) in [5.41, 5.74) is 0. The average molecular weight is 231 g/mol. The summed E-state index contributed by atoms with van der Waals surface area (Å²) in [6.45, 7) is 0.0984. The molecule has 0 saturated carbocycles. The Morgan fingerprint density at radius 2 is 2.40 bits per heavy atom. The highest BCUT2D eigenvalue weighted by Gasteiger charge is 2.30. The maximum Gasteiger partial charge on any atom is 0.265 e. The number of hydrogen-bond acceptors (Lipinski definition) is 5. The Balaban J connectivity index is 2.21. The number of rotatable bonds is 2. The second-order valence-corrected chi connectivity index (χ2v) is 4.78. The standard InChI is InChI=1S/C7H9N3O4S/c1-15(12,13)14-5-4-10-6(2-3-8-10)9-7(5)11/h2-3,5H,4H2,1H3,(H,9,11). The van der Waals surface area contributed by atoms with Crippen LogP contribution >= 0.6 is 0 Å². The van der Waals surface area contributed by atoms with Crippen molar-refractivity contribution in [2.24, 2.45) is 0 Å². The zero-order valence-corrected chi connectivity index (χ0v) is 8.69. The maximum atomic E-state index is 11.4. The van der Waals surface area contributed by atoms with E-state index >= 15 is 0 Å². The topological polar surface area (TPSA) is 90.3 Å². The lowest BCUT2D eigenvalue weighted by Gasteiger charge is -2.22. The van der Waals surface area contributed by atoms with E-state index in [1.165, 1.54) is 10.9 Å². The van der Waals surface area contributed by atoms with Crippen LogP contribution in [0.2, 0.25) is 0 Å². The van der Waals surface area contributed by atoms with Gasteiger partial charge in [-0.15, -0.1) is 0 Å². The first-order valence-corrected chi connectivity index (χ1v) is 5.98. The SMILES string of the molecule is CS(=O)(=O)OC1Cn2nccc2NC1=O. The third-order valence-electron chi connectivity index (χ3n) is 1.89. The lowest BCUT2D eigenvalue weighted by atomic mass is 10.3. The van der Waals surface area contributed by atoms with Crippen molar-refractivity contribution in [1.29, 1.82) is 0 Å². The third-order valence-corrected chi connectivity index (χ3v) is 2.47. The van der Waals surface area contributed by atoms with Gasteiger partial charge in [0.15, 0.2) is 6.10 Å². The number of amides is 1. The summed E-state index contributed by atoms with van der Waals surface area (Å²) < 4.78 is 27.8. The number of aromatic nitrogens is 2. The monoisotopic (exact) mass is 231 g/mol. The van der Waals surface area contributed by atoms with E-state index in [9.17, 15) is 13.2 Å². The number of anilines is 1. The molecule has 1 aliphatic rings. The van der Waals surface area contributed by atoms with Crippen molar-refractivity contribution in [3.8, 4) is 0 Å². The molecular formula is C7H9N3O4S. The fourth-order valence-electron chi connectivity index (χ4n) is 1.32. The zero-order chi connectivity index (χ0) is 11.1. The van der Waals surface area contributed by atoms with Crippen molar-refractivity contribution in [3.05, 3.63) is 12.3 Å². The van der Waals surface area contributed by atoms with Crippen LogP contribution in [0.5, 0.6) is 0 Å². The number of nitrogens with one attached hydrogen (secondary N) is 1. The molecule has 1 amide bonds. The number of hydrogen-bond donors (Lipinski definition) is 1. The largest absolute Gasteiger partial charge is 0.309 e. The Kier molecular flexibility index (Phi) is 2.24. The minimum Gasteiger partial charge on any atom is -0.309 e. The molecule has 1 N–H and O–H groups in total. The zero-order valence-electron chi connectivity index (χ0n) is 7.87. The molecule has 0 aliphatic carbocycles. The molecule has 0 saturated heterocycles. The molecule has 2 rings (SSSR count). The third kappa shape index (κ3) is 2.16. The molecule has 15 heavy (non-hydrogen) atoms. The van der Waals surface area contributed by atoms with Gasteiger partial charge in [0, 0.05) is 6.07 Å². The van der Waals surface area contributed by atoms with E-state index in [1.807, 2.05) is 0 Å². The molecule has 2 heterocycles. The minimum absolute atomic E-state index is 0.0984. The quantitative estimate of drug-likeness (QED) is 0.671. The minimum atomic E-state index is -3.64. The predicted molar refractivity (Wildman–Crippen MR) is 50.6 cm³/mol. The van der Waals surface area contributed by atoms with Gasteiger partial charge in [0.25, 0.3) is 16.0 Å². The van der Waals surface area contributed by atoms with Crippen LogP contribution in [0, 0.1) is 0 Å². The molecular weight excluding hydrogens is 222 g/mol. The van der Waals surface area contributed by atoms with Gasteiger partial charge in [-0.1, -0.05) is 0 Å². The van der Waals surface area contributed by atoms with Gasteiger partial charge < -0.3 is 5.32 Å². The maximum absolute atomic E-state index is 11.4. The molecule has 0 aromatic carbocycles. The normalized spacial score (nSPS) is 20.9. The molecule has 1 atom stereocenters. The van der Waals surface area contributed by atoms with Gasteiger partial charge >= 0.3 is 0 Å². The molecule has 7 nitrogen and oxygen atoms in total. The fourth-order valence-corrected chi connectivity index (χ4v) is 1.89. The van der Waals surface area contributed by atoms with Gasteiger partial charge in [0.2, 0.25) is 0 Å². The van der Waals surface area contributed by atoms with Gasteiger partial charge in [-0.2, -0.15) is 13.5 Å².